The normalized spacial score (nSPS) is 11.6. The minimum atomic E-state index is -0.361. The number of rotatable bonds is 6. The first-order chi connectivity index (χ1) is 13.1. The number of pyridine rings is 1. The lowest BCUT2D eigenvalue weighted by atomic mass is 10.2. The van der Waals surface area contributed by atoms with E-state index >= 15 is 0 Å². The van der Waals surface area contributed by atoms with Gasteiger partial charge in [-0.3, -0.25) is 9.78 Å². The summed E-state index contributed by atoms with van der Waals surface area (Å²) >= 11 is 1.35. The van der Waals surface area contributed by atoms with Crippen molar-refractivity contribution in [1.82, 2.24) is 19.7 Å². The summed E-state index contributed by atoms with van der Waals surface area (Å²) in [6, 6.07) is 12.6. The maximum atomic E-state index is 12.5. The Labute approximate surface area is 161 Å². The molecule has 0 unspecified atom stereocenters. The van der Waals surface area contributed by atoms with Crippen LogP contribution in [0.3, 0.4) is 0 Å². The quantitative estimate of drug-likeness (QED) is 0.661. The SMILES string of the molecule is CCn1c(S[C@H](C)C(=O)Nc2ccc(C#N)cc2)nnc1-c1ccncc1. The molecule has 2 aromatic heterocycles. The maximum absolute atomic E-state index is 12.5. The van der Waals surface area contributed by atoms with Gasteiger partial charge in [0.2, 0.25) is 5.91 Å². The Morgan fingerprint density at radius 1 is 1.22 bits per heavy atom. The van der Waals surface area contributed by atoms with E-state index in [2.05, 4.69) is 26.6 Å². The van der Waals surface area contributed by atoms with Crippen LogP contribution in [0.25, 0.3) is 11.4 Å². The van der Waals surface area contributed by atoms with E-state index in [-0.39, 0.29) is 11.2 Å². The monoisotopic (exact) mass is 378 g/mol. The third-order valence-corrected chi connectivity index (χ3v) is 4.99. The highest BCUT2D eigenvalue weighted by Crippen LogP contribution is 2.27. The summed E-state index contributed by atoms with van der Waals surface area (Å²) in [6.45, 7) is 4.53. The van der Waals surface area contributed by atoms with Crippen LogP contribution in [0.5, 0.6) is 0 Å². The number of benzene rings is 1. The van der Waals surface area contributed by atoms with Gasteiger partial charge in [0.15, 0.2) is 11.0 Å². The van der Waals surface area contributed by atoms with Gasteiger partial charge < -0.3 is 9.88 Å². The van der Waals surface area contributed by atoms with Crippen molar-refractivity contribution in [2.24, 2.45) is 0 Å². The highest BCUT2D eigenvalue weighted by molar-refractivity contribution is 8.00. The number of carbonyl (C=O) groups is 1. The van der Waals surface area contributed by atoms with E-state index in [1.807, 2.05) is 30.5 Å². The third kappa shape index (κ3) is 4.33. The van der Waals surface area contributed by atoms with E-state index in [0.717, 1.165) is 11.4 Å². The maximum Gasteiger partial charge on any atom is 0.237 e. The largest absolute Gasteiger partial charge is 0.325 e. The Bertz CT molecular complexity index is 962. The first-order valence-electron chi connectivity index (χ1n) is 8.43. The number of nitriles is 1. The molecule has 1 atom stereocenters. The van der Waals surface area contributed by atoms with Gasteiger partial charge in [0.1, 0.15) is 0 Å². The molecule has 0 bridgehead atoms. The first kappa shape index (κ1) is 18.6. The molecule has 1 amide bonds. The minimum absolute atomic E-state index is 0.138. The molecule has 0 saturated carbocycles. The molecule has 0 fully saturated rings. The van der Waals surface area contributed by atoms with Gasteiger partial charge in [-0.25, -0.2) is 0 Å². The molecule has 3 aromatic rings. The molecule has 0 aliphatic carbocycles. The van der Waals surface area contributed by atoms with Crippen LogP contribution in [-0.4, -0.2) is 30.9 Å². The molecule has 7 nitrogen and oxygen atoms in total. The zero-order valence-electron chi connectivity index (χ0n) is 15.0. The zero-order valence-corrected chi connectivity index (χ0v) is 15.8. The summed E-state index contributed by atoms with van der Waals surface area (Å²) in [5.74, 6) is 0.614. The molecule has 1 aromatic carbocycles. The smallest absolute Gasteiger partial charge is 0.237 e. The molecule has 0 aliphatic heterocycles. The molecule has 2 heterocycles. The van der Waals surface area contributed by atoms with Crippen molar-refractivity contribution >= 4 is 23.4 Å². The highest BCUT2D eigenvalue weighted by Gasteiger charge is 2.20. The van der Waals surface area contributed by atoms with Crippen molar-refractivity contribution in [3.8, 4) is 17.5 Å². The summed E-state index contributed by atoms with van der Waals surface area (Å²) in [4.78, 5) is 16.5. The number of anilines is 1. The summed E-state index contributed by atoms with van der Waals surface area (Å²) in [6.07, 6.45) is 3.43. The molecule has 3 rings (SSSR count). The van der Waals surface area contributed by atoms with Gasteiger partial charge in [-0.15, -0.1) is 10.2 Å². The van der Waals surface area contributed by atoms with Crippen LogP contribution >= 0.6 is 11.8 Å². The zero-order chi connectivity index (χ0) is 19.2. The Morgan fingerprint density at radius 2 is 1.93 bits per heavy atom. The number of amides is 1. The molecular formula is C19H18N6OS. The average molecular weight is 378 g/mol. The van der Waals surface area contributed by atoms with Gasteiger partial charge in [0.05, 0.1) is 16.9 Å². The number of aromatic nitrogens is 4. The molecule has 8 heteroatoms. The lowest BCUT2D eigenvalue weighted by Gasteiger charge is -2.13. The molecule has 0 spiro atoms. The van der Waals surface area contributed by atoms with Crippen LogP contribution in [0.2, 0.25) is 0 Å². The van der Waals surface area contributed by atoms with Gasteiger partial charge >= 0.3 is 0 Å². The second-order valence-corrected chi connectivity index (χ2v) is 7.03. The van der Waals surface area contributed by atoms with Crippen LogP contribution < -0.4 is 5.32 Å². The number of thioether (sulfide) groups is 1. The standard InChI is InChI=1S/C19H18N6OS/c1-3-25-17(15-8-10-21-11-9-15)23-24-19(25)27-13(2)18(26)22-16-6-4-14(12-20)5-7-16/h4-11,13H,3H2,1-2H3,(H,22,26)/t13-/m1/s1. The van der Waals surface area contributed by atoms with Crippen molar-refractivity contribution in [2.75, 3.05) is 5.32 Å². The fourth-order valence-corrected chi connectivity index (χ4v) is 3.37. The molecule has 0 radical (unpaired) electrons. The third-order valence-electron chi connectivity index (χ3n) is 3.90. The van der Waals surface area contributed by atoms with Gasteiger partial charge in [-0.05, 0) is 50.2 Å². The topological polar surface area (TPSA) is 96.5 Å². The van der Waals surface area contributed by atoms with Crippen molar-refractivity contribution in [3.05, 3.63) is 54.4 Å². The second-order valence-electron chi connectivity index (χ2n) is 5.72. The van der Waals surface area contributed by atoms with E-state index < -0.39 is 0 Å². The molecule has 27 heavy (non-hydrogen) atoms. The van der Waals surface area contributed by atoms with Crippen molar-refractivity contribution in [1.29, 1.82) is 5.26 Å². The summed E-state index contributed by atoms with van der Waals surface area (Å²) in [7, 11) is 0. The molecule has 0 saturated heterocycles. The van der Waals surface area contributed by atoms with Crippen molar-refractivity contribution in [3.63, 3.8) is 0 Å². The highest BCUT2D eigenvalue weighted by atomic mass is 32.2. The minimum Gasteiger partial charge on any atom is -0.325 e. The number of hydrogen-bond acceptors (Lipinski definition) is 6. The fourth-order valence-electron chi connectivity index (χ4n) is 2.46. The Morgan fingerprint density at radius 3 is 2.56 bits per heavy atom. The van der Waals surface area contributed by atoms with Gasteiger partial charge in [-0.1, -0.05) is 11.8 Å². The Balaban J connectivity index is 1.71. The van der Waals surface area contributed by atoms with Crippen LogP contribution in [0.15, 0.2) is 53.9 Å². The van der Waals surface area contributed by atoms with Crippen LogP contribution in [0.1, 0.15) is 19.4 Å². The number of nitrogens with zero attached hydrogens (tertiary/aromatic N) is 5. The lowest BCUT2D eigenvalue weighted by molar-refractivity contribution is -0.115. The van der Waals surface area contributed by atoms with Gasteiger partial charge in [-0.2, -0.15) is 5.26 Å². The van der Waals surface area contributed by atoms with Gasteiger partial charge in [0.25, 0.3) is 0 Å². The molecule has 0 aliphatic rings. The predicted molar refractivity (Wildman–Crippen MR) is 104 cm³/mol. The second kappa shape index (κ2) is 8.47. The van der Waals surface area contributed by atoms with E-state index in [4.69, 9.17) is 5.26 Å². The first-order valence-corrected chi connectivity index (χ1v) is 9.31. The van der Waals surface area contributed by atoms with Gasteiger partial charge in [0, 0.05) is 30.2 Å². The molecule has 1 N–H and O–H groups in total. The number of hydrogen-bond donors (Lipinski definition) is 1. The Hall–Kier alpha value is -3.18. The molecular weight excluding hydrogens is 360 g/mol. The summed E-state index contributed by atoms with van der Waals surface area (Å²) in [5, 5.41) is 20.5. The van der Waals surface area contributed by atoms with E-state index in [9.17, 15) is 4.79 Å². The van der Waals surface area contributed by atoms with E-state index in [1.165, 1.54) is 11.8 Å². The number of nitrogens with one attached hydrogen (secondary N) is 1. The average Bonchev–Trinajstić information content (AvgIpc) is 3.11. The van der Waals surface area contributed by atoms with Crippen molar-refractivity contribution < 1.29 is 4.79 Å². The summed E-state index contributed by atoms with van der Waals surface area (Å²) < 4.78 is 1.98. The van der Waals surface area contributed by atoms with Crippen LogP contribution in [-0.2, 0) is 11.3 Å². The van der Waals surface area contributed by atoms with Crippen molar-refractivity contribution in [2.45, 2.75) is 30.8 Å². The van der Waals surface area contributed by atoms with E-state index in [0.29, 0.717) is 23.0 Å². The lowest BCUT2D eigenvalue weighted by Crippen LogP contribution is -2.22. The predicted octanol–water partition coefficient (Wildman–Crippen LogP) is 3.35. The van der Waals surface area contributed by atoms with Crippen LogP contribution in [0, 0.1) is 11.3 Å². The van der Waals surface area contributed by atoms with Crippen LogP contribution in [0.4, 0.5) is 5.69 Å². The fraction of sp³-hybridized carbons (Fsp3) is 0.211. The summed E-state index contributed by atoms with van der Waals surface area (Å²) in [5.41, 5.74) is 2.14. The van der Waals surface area contributed by atoms with E-state index in [1.54, 1.807) is 36.7 Å². The number of carbonyl (C=O) groups excluding carboxylic acids is 1. The molecule has 136 valence electrons. The Kier molecular flexibility index (Phi) is 5.84.